The Labute approximate surface area is 156 Å². The molecule has 0 amide bonds. The Balaban J connectivity index is 0.000000758. The number of nitrogens with zero attached hydrogens (tertiary/aromatic N) is 2. The van der Waals surface area contributed by atoms with Crippen LogP contribution in [0.25, 0.3) is 0 Å². The van der Waals surface area contributed by atoms with E-state index in [0.717, 1.165) is 12.8 Å². The lowest BCUT2D eigenvalue weighted by molar-refractivity contribution is -0.162. The van der Waals surface area contributed by atoms with Crippen LogP contribution in [-0.4, -0.2) is 63.6 Å². The molecular formula is C17H23ClN2O6. The Morgan fingerprint density at radius 1 is 1.35 bits per heavy atom. The van der Waals surface area contributed by atoms with E-state index in [1.165, 1.54) is 0 Å². The quantitative estimate of drug-likeness (QED) is 0.660. The van der Waals surface area contributed by atoms with Crippen LogP contribution in [0.15, 0.2) is 12.1 Å². The van der Waals surface area contributed by atoms with Crippen LogP contribution in [0.5, 0.6) is 0 Å². The highest BCUT2D eigenvalue weighted by Crippen LogP contribution is 2.40. The zero-order valence-electron chi connectivity index (χ0n) is 14.5. The van der Waals surface area contributed by atoms with Crippen LogP contribution in [0.2, 0.25) is 5.02 Å². The fraction of sp³-hybridized carbons (Fsp3) is 0.588. The van der Waals surface area contributed by atoms with Crippen LogP contribution >= 0.6 is 11.6 Å². The van der Waals surface area contributed by atoms with Crippen molar-refractivity contribution in [2.24, 2.45) is 0 Å². The van der Waals surface area contributed by atoms with Gasteiger partial charge in [0.25, 0.3) is 6.47 Å². The summed E-state index contributed by atoms with van der Waals surface area (Å²) in [6, 6.07) is 3.31. The molecule has 144 valence electrons. The van der Waals surface area contributed by atoms with E-state index in [1.807, 2.05) is 11.8 Å². The van der Waals surface area contributed by atoms with Crippen molar-refractivity contribution in [3.05, 3.63) is 22.8 Å². The molecule has 3 N–H and O–H groups in total. The van der Waals surface area contributed by atoms with E-state index in [1.54, 1.807) is 12.1 Å². The molecule has 1 spiro atoms. The number of aromatic nitrogens is 1. The number of carboxylic acid groups (broad SMARTS) is 2. The van der Waals surface area contributed by atoms with E-state index in [9.17, 15) is 9.90 Å². The molecule has 3 rings (SSSR count). The van der Waals surface area contributed by atoms with E-state index in [0.29, 0.717) is 38.4 Å². The maximum absolute atomic E-state index is 11.2. The van der Waals surface area contributed by atoms with Gasteiger partial charge in [-0.15, -0.1) is 0 Å². The Hall–Kier alpha value is -1.90. The third kappa shape index (κ3) is 4.84. The van der Waals surface area contributed by atoms with Crippen LogP contribution in [0, 0.1) is 0 Å². The maximum Gasteiger partial charge on any atom is 0.356 e. The summed E-state index contributed by atoms with van der Waals surface area (Å²) in [6.07, 6.45) is 2.88. The third-order valence-electron chi connectivity index (χ3n) is 4.78. The van der Waals surface area contributed by atoms with Crippen LogP contribution in [0.4, 0.5) is 5.82 Å². The van der Waals surface area contributed by atoms with Gasteiger partial charge in [0.05, 0.1) is 22.8 Å². The van der Waals surface area contributed by atoms with Crippen molar-refractivity contribution in [1.29, 1.82) is 0 Å². The average molecular weight is 387 g/mol. The first kappa shape index (κ1) is 20.4. The summed E-state index contributed by atoms with van der Waals surface area (Å²) >= 11 is 5.87. The lowest BCUT2D eigenvalue weighted by atomic mass is 9.78. The molecule has 3 heterocycles. The van der Waals surface area contributed by atoms with E-state index < -0.39 is 11.6 Å². The van der Waals surface area contributed by atoms with Crippen molar-refractivity contribution >= 4 is 29.9 Å². The fourth-order valence-corrected chi connectivity index (χ4v) is 3.73. The predicted molar refractivity (Wildman–Crippen MR) is 94.9 cm³/mol. The smallest absolute Gasteiger partial charge is 0.356 e. The summed E-state index contributed by atoms with van der Waals surface area (Å²) in [6.45, 7) is 3.62. The molecule has 8 nitrogen and oxygen atoms in total. The lowest BCUT2D eigenvalue weighted by Crippen LogP contribution is -2.53. The molecule has 0 aliphatic carbocycles. The summed E-state index contributed by atoms with van der Waals surface area (Å²) in [7, 11) is 0. The fourth-order valence-electron chi connectivity index (χ4n) is 3.54. The molecule has 0 aromatic carbocycles. The van der Waals surface area contributed by atoms with Crippen LogP contribution in [-0.2, 0) is 9.53 Å². The minimum Gasteiger partial charge on any atom is -0.483 e. The number of ether oxygens (including phenoxy) is 1. The third-order valence-corrected chi connectivity index (χ3v) is 5.09. The van der Waals surface area contributed by atoms with Gasteiger partial charge in [0.2, 0.25) is 0 Å². The molecule has 2 aliphatic heterocycles. The first-order valence-electron chi connectivity index (χ1n) is 8.31. The Morgan fingerprint density at radius 3 is 2.50 bits per heavy atom. The predicted octanol–water partition coefficient (Wildman–Crippen LogP) is 2.03. The van der Waals surface area contributed by atoms with Crippen LogP contribution in [0.1, 0.15) is 43.1 Å². The van der Waals surface area contributed by atoms with Gasteiger partial charge in [-0.2, -0.15) is 0 Å². The second kappa shape index (κ2) is 8.20. The van der Waals surface area contributed by atoms with Gasteiger partial charge in [-0.05, 0) is 38.3 Å². The number of pyridine rings is 1. The Bertz CT molecular complexity index is 659. The number of piperidine rings is 1. The van der Waals surface area contributed by atoms with E-state index >= 15 is 0 Å². The van der Waals surface area contributed by atoms with Gasteiger partial charge in [0.1, 0.15) is 5.82 Å². The first-order chi connectivity index (χ1) is 12.2. The second-order valence-electron chi connectivity index (χ2n) is 6.85. The van der Waals surface area contributed by atoms with Crippen molar-refractivity contribution in [3.8, 4) is 0 Å². The maximum atomic E-state index is 11.2. The monoisotopic (exact) mass is 386 g/mol. The number of aliphatic hydroxyl groups is 1. The zero-order chi connectivity index (χ0) is 19.4. The summed E-state index contributed by atoms with van der Waals surface area (Å²) < 4.78 is 5.98. The van der Waals surface area contributed by atoms with Crippen molar-refractivity contribution < 1.29 is 29.6 Å². The average Bonchev–Trinajstić information content (AvgIpc) is 2.55. The molecule has 2 aliphatic rings. The number of rotatable bonds is 2. The van der Waals surface area contributed by atoms with Gasteiger partial charge in [-0.3, -0.25) is 4.79 Å². The molecule has 1 unspecified atom stereocenters. The van der Waals surface area contributed by atoms with Crippen molar-refractivity contribution in [1.82, 2.24) is 4.98 Å². The molecule has 26 heavy (non-hydrogen) atoms. The van der Waals surface area contributed by atoms with Gasteiger partial charge in [0.15, 0.2) is 5.69 Å². The summed E-state index contributed by atoms with van der Waals surface area (Å²) in [5, 5.41) is 26.5. The highest BCUT2D eigenvalue weighted by atomic mass is 35.5. The van der Waals surface area contributed by atoms with E-state index in [4.69, 9.17) is 31.3 Å². The largest absolute Gasteiger partial charge is 0.483 e. The molecule has 0 bridgehead atoms. The number of carbonyl (C=O) groups is 2. The minimum atomic E-state index is -1.13. The van der Waals surface area contributed by atoms with Gasteiger partial charge < -0.3 is 25.0 Å². The number of halogens is 1. The summed E-state index contributed by atoms with van der Waals surface area (Å²) in [5.41, 5.74) is -1.07. The van der Waals surface area contributed by atoms with Gasteiger partial charge >= 0.3 is 5.97 Å². The van der Waals surface area contributed by atoms with Gasteiger partial charge in [0, 0.05) is 19.5 Å². The van der Waals surface area contributed by atoms with Crippen molar-refractivity contribution in [2.45, 2.75) is 43.8 Å². The molecule has 2 saturated heterocycles. The minimum absolute atomic E-state index is 0.124. The Morgan fingerprint density at radius 2 is 1.96 bits per heavy atom. The molecular weight excluding hydrogens is 364 g/mol. The van der Waals surface area contributed by atoms with Crippen molar-refractivity contribution in [2.75, 3.05) is 24.6 Å². The molecule has 2 fully saturated rings. The van der Waals surface area contributed by atoms with Crippen LogP contribution in [0.3, 0.4) is 0 Å². The Kier molecular flexibility index (Phi) is 6.44. The van der Waals surface area contributed by atoms with Gasteiger partial charge in [-0.1, -0.05) is 11.6 Å². The summed E-state index contributed by atoms with van der Waals surface area (Å²) in [5.74, 6) is -0.513. The standard InChI is InChI=1S/C16H21ClN2O4.CH2O2/c1-15(22)6-9-23-16(10-15)4-7-19(8-5-16)12-3-2-11(17)13(18-12)14(20)21;2-1-3/h2-3,22H,4-10H2,1H3,(H,20,21);1H,(H,2,3). The van der Waals surface area contributed by atoms with Crippen molar-refractivity contribution in [3.63, 3.8) is 0 Å². The number of anilines is 1. The molecule has 1 aromatic heterocycles. The number of aromatic carboxylic acids is 1. The number of hydrogen-bond acceptors (Lipinski definition) is 6. The highest BCUT2D eigenvalue weighted by molar-refractivity contribution is 6.33. The molecule has 0 radical (unpaired) electrons. The molecule has 1 atom stereocenters. The highest BCUT2D eigenvalue weighted by Gasteiger charge is 2.44. The molecule has 0 saturated carbocycles. The van der Waals surface area contributed by atoms with Crippen LogP contribution < -0.4 is 4.90 Å². The topological polar surface area (TPSA) is 120 Å². The normalized spacial score (nSPS) is 24.5. The number of carboxylic acids is 1. The van der Waals surface area contributed by atoms with E-state index in [2.05, 4.69) is 4.98 Å². The zero-order valence-corrected chi connectivity index (χ0v) is 15.3. The second-order valence-corrected chi connectivity index (χ2v) is 7.26. The number of hydrogen-bond donors (Lipinski definition) is 3. The summed E-state index contributed by atoms with van der Waals surface area (Å²) in [4.78, 5) is 25.7. The van der Waals surface area contributed by atoms with Gasteiger partial charge in [-0.25, -0.2) is 9.78 Å². The lowest BCUT2D eigenvalue weighted by Gasteiger charge is -2.48. The molecule has 9 heteroatoms. The SMILES string of the molecule is CC1(O)CCOC2(CCN(c3ccc(Cl)c(C(=O)O)n3)CC2)C1.O=CO. The molecule has 1 aromatic rings. The van der Waals surface area contributed by atoms with E-state index in [-0.39, 0.29) is 22.8 Å². The first-order valence-corrected chi connectivity index (χ1v) is 8.69.